The van der Waals surface area contributed by atoms with Crippen LogP contribution in [0.4, 0.5) is 4.39 Å². The molecule has 2 heterocycles. The average molecular weight is 468 g/mol. The Kier molecular flexibility index (Phi) is 8.55. The Balaban J connectivity index is 1.08. The summed E-state index contributed by atoms with van der Waals surface area (Å²) >= 11 is 0. The van der Waals surface area contributed by atoms with E-state index in [1.165, 1.54) is 35.9 Å². The summed E-state index contributed by atoms with van der Waals surface area (Å²) in [7, 11) is 1.69. The minimum absolute atomic E-state index is 0.0242. The zero-order valence-electron chi connectivity index (χ0n) is 19.8. The number of ether oxygens (including phenoxy) is 2. The van der Waals surface area contributed by atoms with Crippen molar-refractivity contribution in [1.29, 1.82) is 0 Å². The van der Waals surface area contributed by atoms with Gasteiger partial charge < -0.3 is 24.7 Å². The summed E-state index contributed by atoms with van der Waals surface area (Å²) in [5, 5.41) is 4.23. The molecule has 1 aliphatic rings. The Morgan fingerprint density at radius 1 is 1.18 bits per heavy atom. The van der Waals surface area contributed by atoms with Crippen LogP contribution in [-0.4, -0.2) is 55.7 Å². The maximum absolute atomic E-state index is 12.9. The largest absolute Gasteiger partial charge is 0.497 e. The number of rotatable bonds is 11. The molecule has 0 bridgehead atoms. The van der Waals surface area contributed by atoms with Crippen LogP contribution >= 0.6 is 0 Å². The smallest absolute Gasteiger partial charge is 0.246 e. The van der Waals surface area contributed by atoms with Crippen LogP contribution in [0.15, 0.2) is 48.7 Å². The lowest BCUT2D eigenvalue weighted by Gasteiger charge is -2.32. The molecule has 3 aromatic rings. The van der Waals surface area contributed by atoms with Crippen LogP contribution in [0.5, 0.6) is 5.75 Å². The molecule has 182 valence electrons. The molecule has 1 fully saturated rings. The molecule has 7 heteroatoms. The Labute approximate surface area is 200 Å². The number of benzene rings is 2. The molecule has 0 unspecified atom stereocenters. The number of nitrogens with one attached hydrogen (secondary N) is 2. The average Bonchev–Trinajstić information content (AvgIpc) is 3.27. The first-order chi connectivity index (χ1) is 16.6. The Bertz CT molecular complexity index is 1060. The van der Waals surface area contributed by atoms with Crippen molar-refractivity contribution in [1.82, 2.24) is 15.2 Å². The van der Waals surface area contributed by atoms with E-state index < -0.39 is 0 Å². The fraction of sp³-hybridized carbons (Fsp3) is 0.444. The van der Waals surface area contributed by atoms with Crippen molar-refractivity contribution in [3.63, 3.8) is 0 Å². The van der Waals surface area contributed by atoms with Gasteiger partial charge in [-0.25, -0.2) is 4.39 Å². The lowest BCUT2D eigenvalue weighted by Crippen LogP contribution is -2.36. The number of aromatic nitrogens is 1. The van der Waals surface area contributed by atoms with E-state index in [4.69, 9.17) is 9.47 Å². The molecular weight excluding hydrogens is 433 g/mol. The molecule has 1 aromatic heterocycles. The van der Waals surface area contributed by atoms with Gasteiger partial charge in [0.25, 0.3) is 0 Å². The SMILES string of the molecule is COc1ccc2c(CCN3CCC(CCNC(=O)COCc4ccc(F)cc4)CC3)c[nH]c2c1. The molecule has 0 radical (unpaired) electrons. The first-order valence-electron chi connectivity index (χ1n) is 12.1. The third-order valence-corrected chi connectivity index (χ3v) is 6.67. The van der Waals surface area contributed by atoms with Gasteiger partial charge in [-0.1, -0.05) is 12.1 Å². The monoisotopic (exact) mass is 467 g/mol. The molecule has 1 amide bonds. The summed E-state index contributed by atoms with van der Waals surface area (Å²) in [6.07, 6.45) is 6.49. The minimum Gasteiger partial charge on any atom is -0.497 e. The van der Waals surface area contributed by atoms with E-state index in [0.29, 0.717) is 19.1 Å². The number of methoxy groups -OCH3 is 1. The highest BCUT2D eigenvalue weighted by atomic mass is 19.1. The number of fused-ring (bicyclic) bond motifs is 1. The Hall–Kier alpha value is -2.90. The van der Waals surface area contributed by atoms with Crippen molar-refractivity contribution in [2.75, 3.05) is 39.9 Å². The molecule has 4 rings (SSSR count). The number of aromatic amines is 1. The van der Waals surface area contributed by atoms with E-state index in [1.807, 2.05) is 12.1 Å². The van der Waals surface area contributed by atoms with Gasteiger partial charge >= 0.3 is 0 Å². The summed E-state index contributed by atoms with van der Waals surface area (Å²) in [6.45, 7) is 4.29. The molecule has 1 saturated heterocycles. The van der Waals surface area contributed by atoms with Crippen LogP contribution in [0.3, 0.4) is 0 Å². The number of hydrogen-bond acceptors (Lipinski definition) is 4. The molecule has 2 aromatic carbocycles. The summed E-state index contributed by atoms with van der Waals surface area (Å²) in [5.74, 6) is 1.15. The van der Waals surface area contributed by atoms with Gasteiger partial charge in [-0.05, 0) is 80.1 Å². The predicted octanol–water partition coefficient (Wildman–Crippen LogP) is 4.29. The lowest BCUT2D eigenvalue weighted by atomic mass is 9.93. The van der Waals surface area contributed by atoms with Crippen LogP contribution in [0.2, 0.25) is 0 Å². The predicted molar refractivity (Wildman–Crippen MR) is 131 cm³/mol. The molecule has 0 atom stereocenters. The number of amides is 1. The van der Waals surface area contributed by atoms with Gasteiger partial charge in [0.2, 0.25) is 5.91 Å². The Morgan fingerprint density at radius 2 is 1.97 bits per heavy atom. The number of carbonyl (C=O) groups is 1. The van der Waals surface area contributed by atoms with E-state index in [-0.39, 0.29) is 18.3 Å². The number of carbonyl (C=O) groups excluding carboxylic acids is 1. The van der Waals surface area contributed by atoms with E-state index in [0.717, 1.165) is 49.3 Å². The number of halogens is 1. The minimum atomic E-state index is -0.275. The van der Waals surface area contributed by atoms with Gasteiger partial charge in [-0.2, -0.15) is 0 Å². The molecule has 0 saturated carbocycles. The Morgan fingerprint density at radius 3 is 2.74 bits per heavy atom. The number of likely N-dealkylation sites (tertiary alicyclic amines) is 1. The molecule has 34 heavy (non-hydrogen) atoms. The number of H-pyrrole nitrogens is 1. The van der Waals surface area contributed by atoms with Crippen LogP contribution in [0, 0.1) is 11.7 Å². The summed E-state index contributed by atoms with van der Waals surface area (Å²) in [6, 6.07) is 12.3. The van der Waals surface area contributed by atoms with Crippen molar-refractivity contribution in [3.05, 3.63) is 65.6 Å². The highest BCUT2D eigenvalue weighted by Gasteiger charge is 2.19. The standard InChI is InChI=1S/C27H34FN3O3/c1-33-24-6-7-25-22(17-30-26(25)16-24)11-15-31-13-9-20(10-14-31)8-12-29-27(32)19-34-18-21-2-4-23(28)5-3-21/h2-7,16-17,20,30H,8-15,18-19H2,1H3,(H,29,32). The number of piperidine rings is 1. The van der Waals surface area contributed by atoms with Gasteiger partial charge in [-0.15, -0.1) is 0 Å². The van der Waals surface area contributed by atoms with Crippen LogP contribution in [-0.2, 0) is 22.6 Å². The second-order valence-corrected chi connectivity index (χ2v) is 9.02. The molecule has 0 spiro atoms. The first-order valence-corrected chi connectivity index (χ1v) is 12.1. The zero-order chi connectivity index (χ0) is 23.8. The maximum atomic E-state index is 12.9. The zero-order valence-corrected chi connectivity index (χ0v) is 19.8. The third-order valence-electron chi connectivity index (χ3n) is 6.67. The van der Waals surface area contributed by atoms with Crippen molar-refractivity contribution in [2.45, 2.75) is 32.3 Å². The van der Waals surface area contributed by atoms with Crippen molar-refractivity contribution in [2.24, 2.45) is 5.92 Å². The molecule has 1 aliphatic heterocycles. The molecule has 0 aliphatic carbocycles. The lowest BCUT2D eigenvalue weighted by molar-refractivity contribution is -0.126. The fourth-order valence-corrected chi connectivity index (χ4v) is 4.59. The summed E-state index contributed by atoms with van der Waals surface area (Å²) in [5.41, 5.74) is 3.32. The van der Waals surface area contributed by atoms with Gasteiger partial charge in [0.05, 0.1) is 13.7 Å². The second kappa shape index (κ2) is 12.0. The summed E-state index contributed by atoms with van der Waals surface area (Å²) < 4.78 is 23.6. The molecule has 2 N–H and O–H groups in total. The highest BCUT2D eigenvalue weighted by molar-refractivity contribution is 5.84. The van der Waals surface area contributed by atoms with Gasteiger partial charge in [0.1, 0.15) is 18.2 Å². The second-order valence-electron chi connectivity index (χ2n) is 9.02. The van der Waals surface area contributed by atoms with Gasteiger partial charge in [-0.3, -0.25) is 4.79 Å². The first kappa shape index (κ1) is 24.2. The van der Waals surface area contributed by atoms with Gasteiger partial charge in [0.15, 0.2) is 0 Å². The van der Waals surface area contributed by atoms with Crippen molar-refractivity contribution >= 4 is 16.8 Å². The summed E-state index contributed by atoms with van der Waals surface area (Å²) in [4.78, 5) is 17.9. The van der Waals surface area contributed by atoms with Crippen molar-refractivity contribution < 1.29 is 18.7 Å². The van der Waals surface area contributed by atoms with E-state index in [9.17, 15) is 9.18 Å². The maximum Gasteiger partial charge on any atom is 0.246 e. The van der Waals surface area contributed by atoms with Crippen LogP contribution in [0.1, 0.15) is 30.4 Å². The van der Waals surface area contributed by atoms with Crippen molar-refractivity contribution in [3.8, 4) is 5.75 Å². The van der Waals surface area contributed by atoms with Gasteiger partial charge in [0, 0.05) is 36.3 Å². The quantitative estimate of drug-likeness (QED) is 0.442. The van der Waals surface area contributed by atoms with E-state index in [1.54, 1.807) is 19.2 Å². The highest BCUT2D eigenvalue weighted by Crippen LogP contribution is 2.25. The third kappa shape index (κ3) is 6.81. The molecule has 6 nitrogen and oxygen atoms in total. The van der Waals surface area contributed by atoms with E-state index >= 15 is 0 Å². The fourth-order valence-electron chi connectivity index (χ4n) is 4.59. The van der Waals surface area contributed by atoms with Crippen LogP contribution in [0.25, 0.3) is 10.9 Å². The normalized spacial score (nSPS) is 15.0. The topological polar surface area (TPSA) is 66.6 Å². The van der Waals surface area contributed by atoms with E-state index in [2.05, 4.69) is 27.5 Å². The molecular formula is C27H34FN3O3. The number of hydrogen-bond donors (Lipinski definition) is 2. The van der Waals surface area contributed by atoms with Crippen LogP contribution < -0.4 is 10.1 Å². The number of nitrogens with zero attached hydrogens (tertiary/aromatic N) is 1.